The predicted molar refractivity (Wildman–Crippen MR) is 249 cm³/mol. The number of likely N-dealkylation sites (tertiary alicyclic amines) is 4. The third-order valence-corrected chi connectivity index (χ3v) is 14.3. The smallest absolute Gasteiger partial charge is 0.254 e. The summed E-state index contributed by atoms with van der Waals surface area (Å²) < 4.78 is 36.7. The SMILES string of the molecule is CCN(CC)C(=O)C1CCN(Cc2ccc(C(=O)NCCN3CCC(OC4CCN(CCNC(=O)c5ccc(CN6CCC(C(=O)N(CC)CC)CC6)cc5F)CC4)CC3)c(F)c2)CC1. The molecule has 13 nitrogen and oxygen atoms in total. The Labute approximate surface area is 386 Å². The number of hydrogen-bond donors (Lipinski definition) is 2. The van der Waals surface area contributed by atoms with E-state index < -0.39 is 23.4 Å². The average molecular weight is 907 g/mol. The van der Waals surface area contributed by atoms with E-state index in [1.807, 2.05) is 49.6 Å². The maximum atomic E-state index is 15.1. The van der Waals surface area contributed by atoms with Crippen LogP contribution in [0.3, 0.4) is 0 Å². The molecule has 2 N–H and O–H groups in total. The molecule has 2 aromatic carbocycles. The van der Waals surface area contributed by atoms with Gasteiger partial charge in [-0.2, -0.15) is 0 Å². The molecule has 15 heteroatoms. The van der Waals surface area contributed by atoms with Crippen LogP contribution in [0.1, 0.15) is 111 Å². The number of hydrogen-bond acceptors (Lipinski definition) is 9. The highest BCUT2D eigenvalue weighted by atomic mass is 19.1. The van der Waals surface area contributed by atoms with Gasteiger partial charge in [0.25, 0.3) is 11.8 Å². The van der Waals surface area contributed by atoms with Crippen molar-refractivity contribution in [3.05, 3.63) is 70.3 Å². The van der Waals surface area contributed by atoms with Gasteiger partial charge in [-0.25, -0.2) is 8.78 Å². The van der Waals surface area contributed by atoms with Crippen LogP contribution in [0.5, 0.6) is 0 Å². The van der Waals surface area contributed by atoms with Crippen molar-refractivity contribution in [1.82, 2.24) is 40.0 Å². The van der Waals surface area contributed by atoms with Crippen molar-refractivity contribution in [1.29, 1.82) is 0 Å². The van der Waals surface area contributed by atoms with E-state index in [0.717, 1.165) is 141 Å². The molecule has 65 heavy (non-hydrogen) atoms. The number of rotatable bonds is 20. The maximum Gasteiger partial charge on any atom is 0.254 e. The summed E-state index contributed by atoms with van der Waals surface area (Å²) in [7, 11) is 0. The fourth-order valence-electron chi connectivity index (χ4n) is 10.1. The summed E-state index contributed by atoms with van der Waals surface area (Å²) in [5.41, 5.74) is 1.77. The van der Waals surface area contributed by atoms with Crippen LogP contribution in [-0.4, -0.2) is 170 Å². The normalized spacial score (nSPS) is 19.3. The topological polar surface area (TPSA) is 121 Å². The molecule has 0 atom stereocenters. The monoisotopic (exact) mass is 907 g/mol. The van der Waals surface area contributed by atoms with Crippen molar-refractivity contribution in [2.24, 2.45) is 11.8 Å². The number of carbonyl (C=O) groups excluding carboxylic acids is 4. The van der Waals surface area contributed by atoms with E-state index in [2.05, 4.69) is 30.2 Å². The van der Waals surface area contributed by atoms with Crippen LogP contribution in [0.15, 0.2) is 36.4 Å². The predicted octanol–water partition coefficient (Wildman–Crippen LogP) is 5.23. The Morgan fingerprint density at radius 1 is 0.538 bits per heavy atom. The van der Waals surface area contributed by atoms with Crippen molar-refractivity contribution < 1.29 is 32.7 Å². The summed E-state index contributed by atoms with van der Waals surface area (Å²) in [6, 6.07) is 9.75. The highest BCUT2D eigenvalue weighted by Crippen LogP contribution is 2.25. The van der Waals surface area contributed by atoms with Gasteiger partial charge < -0.3 is 35.0 Å². The van der Waals surface area contributed by atoms with Gasteiger partial charge in [0.1, 0.15) is 11.6 Å². The largest absolute Gasteiger partial charge is 0.375 e. The first-order valence-corrected chi connectivity index (χ1v) is 24.7. The standard InChI is InChI=1S/C50H76F2N8O5/c1-5-59(6-2)49(63)39-13-23-57(24-14-39)35-37-9-11-43(45(51)33-37)47(61)53-21-31-55-27-17-41(18-28-55)65-42-19-29-56(30-20-42)32-22-54-48(62)44-12-10-38(34-46(44)52)36-58-25-15-40(16-26-58)50(64)60(7-3)8-4/h9-12,33-34,39-42H,5-8,13-32,35-36H2,1-4H3,(H,53,61)(H,54,62). The third-order valence-electron chi connectivity index (χ3n) is 14.3. The summed E-state index contributed by atoms with van der Waals surface area (Å²) in [5, 5.41) is 5.81. The molecule has 360 valence electrons. The minimum atomic E-state index is -0.512. The van der Waals surface area contributed by atoms with Gasteiger partial charge in [0, 0.05) is 103 Å². The zero-order valence-corrected chi connectivity index (χ0v) is 39.6. The Hall–Kier alpha value is -4.02. The summed E-state index contributed by atoms with van der Waals surface area (Å²) in [5.74, 6) is -1.24. The maximum absolute atomic E-state index is 15.1. The first-order chi connectivity index (χ1) is 31.5. The third kappa shape index (κ3) is 14.5. The summed E-state index contributed by atoms with van der Waals surface area (Å²) in [6.45, 7) is 21.1. The molecule has 4 saturated heterocycles. The van der Waals surface area contributed by atoms with Gasteiger partial charge in [0.05, 0.1) is 23.3 Å². The van der Waals surface area contributed by atoms with Gasteiger partial charge in [-0.15, -0.1) is 0 Å². The Morgan fingerprint density at radius 3 is 1.20 bits per heavy atom. The molecule has 0 aliphatic carbocycles. The molecular formula is C50H76F2N8O5. The molecule has 0 spiro atoms. The molecule has 0 saturated carbocycles. The average Bonchev–Trinajstić information content (AvgIpc) is 3.31. The molecule has 4 aliphatic rings. The molecule has 0 radical (unpaired) electrons. The number of piperidine rings is 4. The van der Waals surface area contributed by atoms with Gasteiger partial charge in [0.15, 0.2) is 0 Å². The van der Waals surface area contributed by atoms with E-state index in [1.54, 1.807) is 12.1 Å². The molecule has 2 aromatic rings. The van der Waals surface area contributed by atoms with Crippen molar-refractivity contribution in [3.8, 4) is 0 Å². The lowest BCUT2D eigenvalue weighted by Crippen LogP contribution is -2.45. The van der Waals surface area contributed by atoms with Crippen LogP contribution >= 0.6 is 0 Å². The van der Waals surface area contributed by atoms with Gasteiger partial charge in [0.2, 0.25) is 11.8 Å². The number of amides is 4. The molecular weight excluding hydrogens is 831 g/mol. The van der Waals surface area contributed by atoms with E-state index in [1.165, 1.54) is 12.1 Å². The van der Waals surface area contributed by atoms with E-state index in [-0.39, 0.29) is 47.0 Å². The molecule has 6 rings (SSSR count). The van der Waals surface area contributed by atoms with Gasteiger partial charge >= 0.3 is 0 Å². The molecule has 0 bridgehead atoms. The molecule has 4 fully saturated rings. The first kappa shape index (κ1) is 50.4. The van der Waals surface area contributed by atoms with Crippen molar-refractivity contribution in [3.63, 3.8) is 0 Å². The van der Waals surface area contributed by atoms with E-state index in [4.69, 9.17) is 4.74 Å². The Bertz CT molecular complexity index is 1720. The summed E-state index contributed by atoms with van der Waals surface area (Å²) in [6.07, 6.45) is 7.34. The van der Waals surface area contributed by atoms with Gasteiger partial charge in [-0.3, -0.25) is 29.0 Å². The minimum Gasteiger partial charge on any atom is -0.375 e. The highest BCUT2D eigenvalue weighted by Gasteiger charge is 2.30. The molecule has 0 aromatic heterocycles. The van der Waals surface area contributed by atoms with Crippen LogP contribution in [0.4, 0.5) is 8.78 Å². The van der Waals surface area contributed by atoms with E-state index in [0.29, 0.717) is 39.3 Å². The van der Waals surface area contributed by atoms with Crippen molar-refractivity contribution in [2.45, 2.75) is 104 Å². The van der Waals surface area contributed by atoms with Crippen LogP contribution in [0, 0.1) is 23.5 Å². The summed E-state index contributed by atoms with van der Waals surface area (Å²) >= 11 is 0. The lowest BCUT2D eigenvalue weighted by atomic mass is 9.95. The number of nitrogens with one attached hydrogen (secondary N) is 2. The number of carbonyl (C=O) groups is 4. The molecule has 4 aliphatic heterocycles. The van der Waals surface area contributed by atoms with Gasteiger partial charge in [-0.05, 0) is 141 Å². The molecule has 0 unspecified atom stereocenters. The van der Waals surface area contributed by atoms with E-state index >= 15 is 8.78 Å². The lowest BCUT2D eigenvalue weighted by Gasteiger charge is -2.37. The van der Waals surface area contributed by atoms with Crippen LogP contribution in [0.25, 0.3) is 0 Å². The van der Waals surface area contributed by atoms with E-state index in [9.17, 15) is 19.2 Å². The fourth-order valence-corrected chi connectivity index (χ4v) is 10.1. The Kier molecular flexibility index (Phi) is 19.5. The number of ether oxygens (including phenoxy) is 1. The second-order valence-electron chi connectivity index (χ2n) is 18.5. The quantitative estimate of drug-likeness (QED) is 0.184. The zero-order valence-electron chi connectivity index (χ0n) is 39.6. The van der Waals surface area contributed by atoms with Gasteiger partial charge in [-0.1, -0.05) is 12.1 Å². The Morgan fingerprint density at radius 2 is 0.877 bits per heavy atom. The van der Waals surface area contributed by atoms with Crippen LogP contribution in [-0.2, 0) is 27.4 Å². The second-order valence-corrected chi connectivity index (χ2v) is 18.5. The lowest BCUT2D eigenvalue weighted by molar-refractivity contribution is -0.137. The first-order valence-electron chi connectivity index (χ1n) is 24.7. The van der Waals surface area contributed by atoms with Crippen molar-refractivity contribution in [2.75, 3.05) is 105 Å². The minimum absolute atomic E-state index is 0.0574. The zero-order chi connectivity index (χ0) is 46.3. The number of benzene rings is 2. The molecule has 4 heterocycles. The van der Waals surface area contributed by atoms with Crippen molar-refractivity contribution >= 4 is 23.6 Å². The van der Waals surface area contributed by atoms with Crippen LogP contribution in [0.2, 0.25) is 0 Å². The molecule has 4 amide bonds. The Balaban J connectivity index is 0.800. The number of halogens is 2. The number of nitrogens with zero attached hydrogens (tertiary/aromatic N) is 6. The fraction of sp³-hybridized carbons (Fsp3) is 0.680. The van der Waals surface area contributed by atoms with Crippen LogP contribution < -0.4 is 10.6 Å². The summed E-state index contributed by atoms with van der Waals surface area (Å²) in [4.78, 5) is 64.2. The highest BCUT2D eigenvalue weighted by molar-refractivity contribution is 5.95. The second kappa shape index (κ2) is 25.2.